The van der Waals surface area contributed by atoms with Gasteiger partial charge in [0.15, 0.2) is 5.78 Å². The number of rotatable bonds is 4. The number of allylic oxidation sites excluding steroid dienone is 5. The average molecular weight is 389 g/mol. The average Bonchev–Trinajstić information content (AvgIpc) is 2.66. The lowest BCUT2D eigenvalue weighted by Crippen LogP contribution is -2.35. The van der Waals surface area contributed by atoms with Crippen molar-refractivity contribution in [2.75, 3.05) is 0 Å². The number of hydrogen-bond donors (Lipinski definition) is 1. The van der Waals surface area contributed by atoms with E-state index in [1.54, 1.807) is 25.2 Å². The van der Waals surface area contributed by atoms with E-state index in [1.165, 1.54) is 0 Å². The number of unbranched alkanes of at least 4 members (excludes halogenated alkanes) is 1. The Morgan fingerprint density at radius 3 is 2.71 bits per heavy atom. The lowest BCUT2D eigenvalue weighted by atomic mass is 9.94. The van der Waals surface area contributed by atoms with Gasteiger partial charge in [-0.25, -0.2) is 0 Å². The molecule has 5 atom stereocenters. The highest BCUT2D eigenvalue weighted by Crippen LogP contribution is 2.22. The highest BCUT2D eigenvalue weighted by atomic mass is 16.6. The van der Waals surface area contributed by atoms with Gasteiger partial charge in [-0.1, -0.05) is 76.6 Å². The lowest BCUT2D eigenvalue weighted by Gasteiger charge is -2.26. The number of ether oxygens (including phenoxy) is 1. The van der Waals surface area contributed by atoms with E-state index in [4.69, 9.17) is 4.74 Å². The summed E-state index contributed by atoms with van der Waals surface area (Å²) in [7, 11) is 0. The van der Waals surface area contributed by atoms with Gasteiger partial charge in [0, 0.05) is 11.8 Å². The van der Waals surface area contributed by atoms with Crippen LogP contribution in [0.4, 0.5) is 0 Å². The first kappa shape index (κ1) is 24.1. The molecule has 0 unspecified atom stereocenters. The van der Waals surface area contributed by atoms with Crippen LogP contribution in [0, 0.1) is 17.8 Å². The van der Waals surface area contributed by atoms with Crippen LogP contribution in [0.1, 0.15) is 59.8 Å². The monoisotopic (exact) mass is 388 g/mol. The Bertz CT molecular complexity index is 614. The molecule has 0 aliphatic carbocycles. The van der Waals surface area contributed by atoms with Crippen molar-refractivity contribution in [3.63, 3.8) is 0 Å². The number of esters is 1. The van der Waals surface area contributed by atoms with E-state index in [0.29, 0.717) is 6.42 Å². The molecule has 1 N–H and O–H groups in total. The first-order valence-electron chi connectivity index (χ1n) is 10.4. The largest absolute Gasteiger partial charge is 0.459 e. The maximum atomic E-state index is 12.5. The van der Waals surface area contributed by atoms with E-state index >= 15 is 0 Å². The van der Waals surface area contributed by atoms with Crippen LogP contribution < -0.4 is 0 Å². The van der Waals surface area contributed by atoms with Crippen molar-refractivity contribution >= 4 is 11.8 Å². The molecule has 0 fully saturated rings. The van der Waals surface area contributed by atoms with Crippen LogP contribution in [0.15, 0.2) is 48.6 Å². The van der Waals surface area contributed by atoms with E-state index in [2.05, 4.69) is 13.5 Å². The van der Waals surface area contributed by atoms with Crippen molar-refractivity contribution in [3.05, 3.63) is 48.6 Å². The molecule has 0 aromatic rings. The molecule has 156 valence electrons. The minimum atomic E-state index is -0.979. The maximum Gasteiger partial charge on any atom is 0.306 e. The summed E-state index contributed by atoms with van der Waals surface area (Å²) in [4.78, 5) is 24.7. The maximum absolute atomic E-state index is 12.5. The van der Waals surface area contributed by atoms with Gasteiger partial charge >= 0.3 is 5.97 Å². The van der Waals surface area contributed by atoms with Crippen molar-refractivity contribution < 1.29 is 19.4 Å². The molecule has 0 aromatic carbocycles. The Hall–Kier alpha value is -1.94. The van der Waals surface area contributed by atoms with E-state index < -0.39 is 12.2 Å². The van der Waals surface area contributed by atoms with Gasteiger partial charge in [0.1, 0.15) is 12.2 Å². The predicted octanol–water partition coefficient (Wildman–Crippen LogP) is 4.95. The van der Waals surface area contributed by atoms with Gasteiger partial charge in [-0.05, 0) is 31.3 Å². The molecule has 0 amide bonds. The van der Waals surface area contributed by atoms with Crippen molar-refractivity contribution in [2.24, 2.45) is 17.8 Å². The summed E-state index contributed by atoms with van der Waals surface area (Å²) in [5.74, 6) is -0.853. The number of ketones is 1. The molecule has 28 heavy (non-hydrogen) atoms. The van der Waals surface area contributed by atoms with Gasteiger partial charge in [0.2, 0.25) is 0 Å². The highest BCUT2D eigenvalue weighted by molar-refractivity contribution is 5.92. The van der Waals surface area contributed by atoms with Crippen LogP contribution in [-0.2, 0) is 14.3 Å². The number of carbonyl (C=O) groups is 2. The number of aliphatic hydroxyl groups is 1. The summed E-state index contributed by atoms with van der Waals surface area (Å²) < 4.78 is 5.68. The minimum Gasteiger partial charge on any atom is -0.459 e. The zero-order valence-electron chi connectivity index (χ0n) is 17.8. The first-order chi connectivity index (χ1) is 13.3. The van der Waals surface area contributed by atoms with Crippen LogP contribution >= 0.6 is 0 Å². The van der Waals surface area contributed by atoms with Crippen LogP contribution in [0.5, 0.6) is 0 Å². The standard InChI is InChI=1S/C24H36O4/c1-6-7-8-12-19(4)24-22(26)15-14-18(3)21(25)13-10-9-11-17(2)20(5)16-23(27)28-24/h8,10,12-15,18-20,22,24,26H,2,6-7,9,11,16H2,1,3-5H3/b12-8+,13-10+,15-14+/t18-,19-,20-,22-,24-/m1/s1. The SMILES string of the molecule is C=C1CC/C=C/C(=O)[C@H](C)/C=C/[C@@H](O)[C@@H]([C@H](C)/C=C/CCC)OC(=O)C[C@H]1C. The van der Waals surface area contributed by atoms with Crippen LogP contribution in [0.3, 0.4) is 0 Å². The highest BCUT2D eigenvalue weighted by Gasteiger charge is 2.27. The number of carbonyl (C=O) groups excluding carboxylic acids is 2. The van der Waals surface area contributed by atoms with E-state index in [1.807, 2.05) is 32.1 Å². The Morgan fingerprint density at radius 1 is 1.32 bits per heavy atom. The molecular formula is C24H36O4. The molecule has 4 nitrogen and oxygen atoms in total. The Kier molecular flexibility index (Phi) is 10.8. The number of cyclic esters (lactones) is 1. The Balaban J connectivity index is 3.08. The van der Waals surface area contributed by atoms with E-state index in [9.17, 15) is 14.7 Å². The Labute approximate surface area is 170 Å². The smallest absolute Gasteiger partial charge is 0.306 e. The fourth-order valence-electron chi connectivity index (χ4n) is 3.02. The van der Waals surface area contributed by atoms with Gasteiger partial charge in [-0.2, -0.15) is 0 Å². The lowest BCUT2D eigenvalue weighted by molar-refractivity contribution is -0.156. The molecule has 0 aromatic heterocycles. The topological polar surface area (TPSA) is 63.6 Å². The van der Waals surface area contributed by atoms with Crippen LogP contribution in [0.25, 0.3) is 0 Å². The quantitative estimate of drug-likeness (QED) is 0.547. The van der Waals surface area contributed by atoms with Crippen LogP contribution in [0.2, 0.25) is 0 Å². The van der Waals surface area contributed by atoms with Crippen molar-refractivity contribution in [2.45, 2.75) is 72.0 Å². The number of hydrogen-bond acceptors (Lipinski definition) is 4. The van der Waals surface area contributed by atoms with Gasteiger partial charge in [0.05, 0.1) is 6.42 Å². The molecular weight excluding hydrogens is 352 g/mol. The van der Waals surface area contributed by atoms with Gasteiger partial charge in [-0.3, -0.25) is 9.59 Å². The number of aliphatic hydroxyl groups excluding tert-OH is 1. The summed E-state index contributed by atoms with van der Waals surface area (Å²) in [6.45, 7) is 11.8. The molecule has 0 saturated carbocycles. The molecule has 4 heteroatoms. The third kappa shape index (κ3) is 8.39. The van der Waals surface area contributed by atoms with Crippen LogP contribution in [-0.4, -0.2) is 29.1 Å². The van der Waals surface area contributed by atoms with Crippen molar-refractivity contribution in [1.29, 1.82) is 0 Å². The summed E-state index contributed by atoms with van der Waals surface area (Å²) in [6, 6.07) is 0. The fraction of sp³-hybridized carbons (Fsp3) is 0.583. The summed E-state index contributed by atoms with van der Waals surface area (Å²) in [6.07, 6.45) is 12.7. The summed E-state index contributed by atoms with van der Waals surface area (Å²) >= 11 is 0. The van der Waals surface area contributed by atoms with E-state index in [0.717, 1.165) is 24.8 Å². The molecule has 0 bridgehead atoms. The summed E-state index contributed by atoms with van der Waals surface area (Å²) in [5, 5.41) is 10.7. The van der Waals surface area contributed by atoms with E-state index in [-0.39, 0.29) is 35.9 Å². The van der Waals surface area contributed by atoms with Crippen molar-refractivity contribution in [1.82, 2.24) is 0 Å². The molecule has 0 spiro atoms. The second-order valence-corrected chi connectivity index (χ2v) is 7.80. The zero-order valence-corrected chi connectivity index (χ0v) is 17.8. The van der Waals surface area contributed by atoms with Crippen molar-refractivity contribution in [3.8, 4) is 0 Å². The molecule has 1 aliphatic heterocycles. The second kappa shape index (κ2) is 12.5. The molecule has 0 saturated heterocycles. The first-order valence-corrected chi connectivity index (χ1v) is 10.4. The second-order valence-electron chi connectivity index (χ2n) is 7.80. The normalized spacial score (nSPS) is 31.7. The minimum absolute atomic E-state index is 0.0126. The third-order valence-corrected chi connectivity index (χ3v) is 5.15. The fourth-order valence-corrected chi connectivity index (χ4v) is 3.02. The van der Waals surface area contributed by atoms with Gasteiger partial charge in [0.25, 0.3) is 0 Å². The Morgan fingerprint density at radius 2 is 2.04 bits per heavy atom. The molecule has 0 radical (unpaired) electrons. The molecule has 1 rings (SSSR count). The van der Waals surface area contributed by atoms with Gasteiger partial charge < -0.3 is 9.84 Å². The molecule has 1 aliphatic rings. The summed E-state index contributed by atoms with van der Waals surface area (Å²) in [5.41, 5.74) is 0.961. The molecule has 1 heterocycles. The predicted molar refractivity (Wildman–Crippen MR) is 114 cm³/mol. The van der Waals surface area contributed by atoms with Gasteiger partial charge in [-0.15, -0.1) is 0 Å². The third-order valence-electron chi connectivity index (χ3n) is 5.15. The zero-order chi connectivity index (χ0) is 21.1.